The molecule has 0 aliphatic rings. The second-order valence-corrected chi connectivity index (χ2v) is 5.50. The van der Waals surface area contributed by atoms with E-state index in [4.69, 9.17) is 16.3 Å². The van der Waals surface area contributed by atoms with Crippen molar-refractivity contribution in [1.82, 2.24) is 4.98 Å². The molecular formula is C12H20ClNOS. The second kappa shape index (κ2) is 7.25. The summed E-state index contributed by atoms with van der Waals surface area (Å²) in [5.74, 6) is 1.10. The standard InChI is InChI=1S/C12H20ClNOS/c1-9(2)10(3)15-6-4-5-12-14-11(7-13)8-16-12/h8-10H,4-7H2,1-3H3. The molecule has 92 valence electrons. The molecule has 0 aliphatic carbocycles. The van der Waals surface area contributed by atoms with Crippen LogP contribution in [0.1, 0.15) is 37.9 Å². The number of hydrogen-bond donors (Lipinski definition) is 0. The topological polar surface area (TPSA) is 22.1 Å². The fourth-order valence-electron chi connectivity index (χ4n) is 1.21. The van der Waals surface area contributed by atoms with Gasteiger partial charge in [0, 0.05) is 18.4 Å². The predicted octanol–water partition coefficient (Wildman–Crippen LogP) is 3.88. The minimum atomic E-state index is 0.342. The zero-order chi connectivity index (χ0) is 12.0. The summed E-state index contributed by atoms with van der Waals surface area (Å²) in [6.45, 7) is 7.30. The third-order valence-electron chi connectivity index (χ3n) is 2.59. The van der Waals surface area contributed by atoms with Gasteiger partial charge in [-0.05, 0) is 19.3 Å². The van der Waals surface area contributed by atoms with Crippen LogP contribution in [0.15, 0.2) is 5.38 Å². The number of nitrogens with zero attached hydrogens (tertiary/aromatic N) is 1. The van der Waals surface area contributed by atoms with E-state index in [9.17, 15) is 0 Å². The molecule has 1 unspecified atom stereocenters. The molecule has 1 aromatic heterocycles. The van der Waals surface area contributed by atoms with E-state index in [1.54, 1.807) is 11.3 Å². The molecular weight excluding hydrogens is 242 g/mol. The lowest BCUT2D eigenvalue weighted by molar-refractivity contribution is 0.0342. The van der Waals surface area contributed by atoms with Gasteiger partial charge < -0.3 is 4.74 Å². The van der Waals surface area contributed by atoms with E-state index in [1.807, 2.05) is 5.38 Å². The lowest BCUT2D eigenvalue weighted by Crippen LogP contribution is -2.16. The Morgan fingerprint density at radius 3 is 2.75 bits per heavy atom. The maximum atomic E-state index is 5.71. The summed E-state index contributed by atoms with van der Waals surface area (Å²) in [5, 5.41) is 3.19. The molecule has 16 heavy (non-hydrogen) atoms. The van der Waals surface area contributed by atoms with Gasteiger partial charge in [0.25, 0.3) is 0 Å². The van der Waals surface area contributed by atoms with E-state index in [-0.39, 0.29) is 0 Å². The molecule has 4 heteroatoms. The molecule has 0 amide bonds. The zero-order valence-corrected chi connectivity index (χ0v) is 11.8. The summed E-state index contributed by atoms with van der Waals surface area (Å²) in [6.07, 6.45) is 2.37. The van der Waals surface area contributed by atoms with Gasteiger partial charge in [0.1, 0.15) is 0 Å². The van der Waals surface area contributed by atoms with E-state index in [1.165, 1.54) is 0 Å². The van der Waals surface area contributed by atoms with Crippen LogP contribution in [-0.2, 0) is 17.0 Å². The van der Waals surface area contributed by atoms with E-state index >= 15 is 0 Å². The molecule has 0 N–H and O–H groups in total. The summed E-state index contributed by atoms with van der Waals surface area (Å²) in [7, 11) is 0. The first-order chi connectivity index (χ1) is 7.63. The summed E-state index contributed by atoms with van der Waals surface area (Å²) >= 11 is 7.39. The Morgan fingerprint density at radius 1 is 1.44 bits per heavy atom. The fraction of sp³-hybridized carbons (Fsp3) is 0.750. The van der Waals surface area contributed by atoms with Gasteiger partial charge in [-0.2, -0.15) is 0 Å². The Bertz CT molecular complexity index is 301. The highest BCUT2D eigenvalue weighted by atomic mass is 35.5. The molecule has 0 spiro atoms. The van der Waals surface area contributed by atoms with Crippen LogP contribution < -0.4 is 0 Å². The van der Waals surface area contributed by atoms with Crippen molar-refractivity contribution >= 4 is 22.9 Å². The summed E-state index contributed by atoms with van der Waals surface area (Å²) < 4.78 is 5.71. The molecule has 0 aromatic carbocycles. The van der Waals surface area contributed by atoms with Crippen LogP contribution in [-0.4, -0.2) is 17.7 Å². The van der Waals surface area contributed by atoms with Crippen LogP contribution in [0.3, 0.4) is 0 Å². The number of alkyl halides is 1. The lowest BCUT2D eigenvalue weighted by atomic mass is 10.1. The molecule has 1 rings (SSSR count). The van der Waals surface area contributed by atoms with Crippen LogP contribution in [0, 0.1) is 5.92 Å². The number of thiazole rings is 1. The van der Waals surface area contributed by atoms with Crippen molar-refractivity contribution in [3.05, 3.63) is 16.1 Å². The van der Waals surface area contributed by atoms with Crippen molar-refractivity contribution < 1.29 is 4.74 Å². The van der Waals surface area contributed by atoms with Gasteiger partial charge in [-0.3, -0.25) is 0 Å². The molecule has 0 saturated heterocycles. The van der Waals surface area contributed by atoms with Crippen LogP contribution in [0.25, 0.3) is 0 Å². The Hall–Kier alpha value is -0.120. The SMILES string of the molecule is CC(C)C(C)OCCCc1nc(CCl)cs1. The van der Waals surface area contributed by atoms with Crippen molar-refractivity contribution in [3.63, 3.8) is 0 Å². The van der Waals surface area contributed by atoms with Gasteiger partial charge in [-0.25, -0.2) is 4.98 Å². The van der Waals surface area contributed by atoms with Crippen LogP contribution >= 0.6 is 22.9 Å². The molecule has 2 nitrogen and oxygen atoms in total. The third-order valence-corrected chi connectivity index (χ3v) is 3.82. The Labute approximate surface area is 107 Å². The number of ether oxygens (including phenoxy) is 1. The first-order valence-electron chi connectivity index (χ1n) is 5.74. The quantitative estimate of drug-likeness (QED) is 0.549. The van der Waals surface area contributed by atoms with E-state index in [2.05, 4.69) is 25.8 Å². The predicted molar refractivity (Wildman–Crippen MR) is 70.2 cm³/mol. The molecule has 1 atom stereocenters. The molecule has 0 aliphatic heterocycles. The smallest absolute Gasteiger partial charge is 0.0929 e. The number of aryl methyl sites for hydroxylation is 1. The monoisotopic (exact) mass is 261 g/mol. The number of rotatable bonds is 7. The molecule has 1 heterocycles. The highest BCUT2D eigenvalue weighted by molar-refractivity contribution is 7.09. The minimum Gasteiger partial charge on any atom is -0.378 e. The van der Waals surface area contributed by atoms with E-state index in [0.717, 1.165) is 30.2 Å². The average Bonchev–Trinajstić information content (AvgIpc) is 2.71. The van der Waals surface area contributed by atoms with Crippen molar-refractivity contribution in [2.24, 2.45) is 5.92 Å². The summed E-state index contributed by atoms with van der Waals surface area (Å²) in [6, 6.07) is 0. The molecule has 0 radical (unpaired) electrons. The zero-order valence-electron chi connectivity index (χ0n) is 10.2. The van der Waals surface area contributed by atoms with Crippen molar-refractivity contribution in [2.75, 3.05) is 6.61 Å². The van der Waals surface area contributed by atoms with Crippen LogP contribution in [0.4, 0.5) is 0 Å². The van der Waals surface area contributed by atoms with Gasteiger partial charge >= 0.3 is 0 Å². The van der Waals surface area contributed by atoms with Gasteiger partial charge in [0.15, 0.2) is 0 Å². The molecule has 1 aromatic rings. The normalized spacial score (nSPS) is 13.3. The number of aromatic nitrogens is 1. The Kier molecular flexibility index (Phi) is 6.32. The number of halogens is 1. The van der Waals surface area contributed by atoms with Crippen LogP contribution in [0.5, 0.6) is 0 Å². The molecule has 0 saturated carbocycles. The number of hydrogen-bond acceptors (Lipinski definition) is 3. The highest BCUT2D eigenvalue weighted by Gasteiger charge is 2.07. The van der Waals surface area contributed by atoms with Gasteiger partial charge in [0.05, 0.1) is 22.7 Å². The van der Waals surface area contributed by atoms with Crippen LogP contribution in [0.2, 0.25) is 0 Å². The third kappa shape index (κ3) is 4.81. The first kappa shape index (κ1) is 13.9. The molecule has 0 bridgehead atoms. The van der Waals surface area contributed by atoms with Gasteiger partial charge in [-0.15, -0.1) is 22.9 Å². The Balaban J connectivity index is 2.16. The summed E-state index contributed by atoms with van der Waals surface area (Å²) in [4.78, 5) is 4.41. The van der Waals surface area contributed by atoms with Crippen molar-refractivity contribution in [1.29, 1.82) is 0 Å². The lowest BCUT2D eigenvalue weighted by Gasteiger charge is -2.16. The van der Waals surface area contributed by atoms with Crippen molar-refractivity contribution in [2.45, 2.75) is 45.6 Å². The molecule has 0 fully saturated rings. The van der Waals surface area contributed by atoms with Crippen molar-refractivity contribution in [3.8, 4) is 0 Å². The Morgan fingerprint density at radius 2 is 2.19 bits per heavy atom. The average molecular weight is 262 g/mol. The maximum Gasteiger partial charge on any atom is 0.0929 e. The largest absolute Gasteiger partial charge is 0.378 e. The minimum absolute atomic E-state index is 0.342. The first-order valence-corrected chi connectivity index (χ1v) is 7.15. The van der Waals surface area contributed by atoms with Gasteiger partial charge in [-0.1, -0.05) is 13.8 Å². The van der Waals surface area contributed by atoms with Gasteiger partial charge in [0.2, 0.25) is 0 Å². The highest BCUT2D eigenvalue weighted by Crippen LogP contribution is 2.14. The van der Waals surface area contributed by atoms with E-state index < -0.39 is 0 Å². The second-order valence-electron chi connectivity index (χ2n) is 4.29. The van der Waals surface area contributed by atoms with E-state index in [0.29, 0.717) is 17.9 Å². The maximum absolute atomic E-state index is 5.71. The summed E-state index contributed by atoms with van der Waals surface area (Å²) in [5.41, 5.74) is 0.984. The fourth-order valence-corrected chi connectivity index (χ4v) is 2.28.